The van der Waals surface area contributed by atoms with Gasteiger partial charge in [-0.1, -0.05) is 19.1 Å². The Bertz CT molecular complexity index is 419. The van der Waals surface area contributed by atoms with Crippen molar-refractivity contribution in [3.8, 4) is 0 Å². The molecule has 4 aliphatic rings. The van der Waals surface area contributed by atoms with Crippen molar-refractivity contribution < 1.29 is 28.8 Å². The topological polar surface area (TPSA) is 40.1 Å². The molecule has 0 aromatic rings. The van der Waals surface area contributed by atoms with Crippen molar-refractivity contribution in [1.29, 1.82) is 0 Å². The van der Waals surface area contributed by atoms with Crippen molar-refractivity contribution in [2.24, 2.45) is 40.9 Å². The average Bonchev–Trinajstić information content (AvgIpc) is 3.05. The molecule has 18 heavy (non-hydrogen) atoms. The Morgan fingerprint density at radius 3 is 2.56 bits per heavy atom. The summed E-state index contributed by atoms with van der Waals surface area (Å²) in [7, 11) is 0. The summed E-state index contributed by atoms with van der Waals surface area (Å²) in [6.45, 7) is 2.04. The predicted molar refractivity (Wildman–Crippen MR) is 61.7 cm³/mol. The number of carboxylic acids is 1. The van der Waals surface area contributed by atoms with E-state index in [2.05, 4.69) is 12.2 Å². The zero-order valence-corrected chi connectivity index (χ0v) is 11.3. The number of hydrogen-bond acceptors (Lipinski definition) is 2. The second-order valence-electron chi connectivity index (χ2n) is 6.71. The fourth-order valence-corrected chi connectivity index (χ4v) is 5.99. The molecule has 0 aromatic heterocycles. The van der Waals surface area contributed by atoms with Crippen molar-refractivity contribution in [2.45, 2.75) is 32.6 Å². The second-order valence-corrected chi connectivity index (χ2v) is 6.71. The number of carbonyl (C=O) groups excluding carboxylic acids is 1. The van der Waals surface area contributed by atoms with Gasteiger partial charge in [0, 0.05) is 11.4 Å². The first-order chi connectivity index (χ1) is 8.17. The Hall–Kier alpha value is -0.193. The third-order valence-electron chi connectivity index (χ3n) is 6.52. The molecule has 0 heterocycles. The Labute approximate surface area is 120 Å². The molecule has 0 radical (unpaired) electrons. The molecule has 4 rings (SSSR count). The third kappa shape index (κ3) is 1.24. The van der Waals surface area contributed by atoms with Crippen LogP contribution in [0, 0.1) is 40.9 Å². The molecule has 3 saturated carbocycles. The van der Waals surface area contributed by atoms with Gasteiger partial charge in [0.25, 0.3) is 0 Å². The van der Waals surface area contributed by atoms with Gasteiger partial charge in [-0.25, -0.2) is 0 Å². The van der Waals surface area contributed by atoms with Crippen LogP contribution in [0.2, 0.25) is 0 Å². The molecular weight excluding hydrogens is 219 g/mol. The monoisotopic (exact) mass is 238 g/mol. The minimum Gasteiger partial charge on any atom is -0.550 e. The van der Waals surface area contributed by atoms with E-state index in [-0.39, 0.29) is 18.9 Å². The van der Waals surface area contributed by atoms with Crippen LogP contribution in [0.15, 0.2) is 12.2 Å². The summed E-state index contributed by atoms with van der Waals surface area (Å²) in [5.41, 5.74) is -0.482. The Balaban J connectivity index is 0.000001000. The first-order valence-electron chi connectivity index (χ1n) is 7.07. The minimum absolute atomic E-state index is 0. The average molecular weight is 238 g/mol. The van der Waals surface area contributed by atoms with Crippen LogP contribution in [-0.2, 0) is 4.79 Å². The molecule has 4 aliphatic carbocycles. The number of carbonyl (C=O) groups is 1. The molecule has 0 aliphatic heterocycles. The van der Waals surface area contributed by atoms with Gasteiger partial charge in [-0.3, -0.25) is 0 Å². The summed E-state index contributed by atoms with van der Waals surface area (Å²) in [6.07, 6.45) is 8.89. The van der Waals surface area contributed by atoms with Crippen LogP contribution in [0.25, 0.3) is 0 Å². The number of hydrogen-bond donors (Lipinski definition) is 0. The molecule has 0 aromatic carbocycles. The van der Waals surface area contributed by atoms with E-state index in [4.69, 9.17) is 0 Å². The molecule has 0 amide bonds. The first-order valence-corrected chi connectivity index (χ1v) is 7.07. The van der Waals surface area contributed by atoms with E-state index < -0.39 is 11.4 Å². The van der Waals surface area contributed by atoms with Gasteiger partial charge in [0.1, 0.15) is 0 Å². The van der Waals surface area contributed by atoms with Crippen LogP contribution in [0.4, 0.5) is 0 Å². The van der Waals surface area contributed by atoms with Crippen LogP contribution in [0.5, 0.6) is 0 Å². The van der Waals surface area contributed by atoms with Crippen LogP contribution in [-0.4, -0.2) is 5.97 Å². The summed E-state index contributed by atoms with van der Waals surface area (Å²) in [5, 5.41) is 11.6. The standard InChI is InChI=1S/C15H20O2.Li/c1-2-15(14(16)17)7-10-6-11(15)13-9-4-3-8(5-9)12(10)13;/h3-4,8-13H,2,5-7H2,1H3,(H,16,17);/q;+1/p-1. The minimum atomic E-state index is -0.766. The van der Waals surface area contributed by atoms with Crippen molar-refractivity contribution in [3.05, 3.63) is 12.2 Å². The molecule has 92 valence electrons. The summed E-state index contributed by atoms with van der Waals surface area (Å²) in [6, 6.07) is 0. The van der Waals surface area contributed by atoms with E-state index in [9.17, 15) is 9.90 Å². The van der Waals surface area contributed by atoms with Gasteiger partial charge in [-0.05, 0) is 61.2 Å². The van der Waals surface area contributed by atoms with Crippen molar-refractivity contribution in [2.75, 3.05) is 0 Å². The maximum atomic E-state index is 11.6. The van der Waals surface area contributed by atoms with E-state index in [0.29, 0.717) is 23.7 Å². The molecule has 4 bridgehead atoms. The zero-order chi connectivity index (χ0) is 11.8. The molecule has 7 atom stereocenters. The maximum Gasteiger partial charge on any atom is 1.00 e. The van der Waals surface area contributed by atoms with E-state index >= 15 is 0 Å². The van der Waals surface area contributed by atoms with Crippen LogP contribution < -0.4 is 24.0 Å². The molecule has 7 unspecified atom stereocenters. The van der Waals surface area contributed by atoms with Crippen molar-refractivity contribution in [3.63, 3.8) is 0 Å². The largest absolute Gasteiger partial charge is 1.00 e. The SMILES string of the molecule is CCC1(C(=O)[O-])CC2CC1C1C3C=CC(C3)C21.[Li+]. The third-order valence-corrected chi connectivity index (χ3v) is 6.52. The van der Waals surface area contributed by atoms with Gasteiger partial charge in [0.05, 0.1) is 0 Å². The molecular formula is C15H19LiO2. The maximum absolute atomic E-state index is 11.6. The van der Waals surface area contributed by atoms with Gasteiger partial charge in [-0.2, -0.15) is 0 Å². The molecule has 3 heteroatoms. The van der Waals surface area contributed by atoms with Crippen LogP contribution in [0.3, 0.4) is 0 Å². The van der Waals surface area contributed by atoms with Gasteiger partial charge in [-0.15, -0.1) is 0 Å². The fourth-order valence-electron chi connectivity index (χ4n) is 5.99. The smallest absolute Gasteiger partial charge is 0.550 e. The number of allylic oxidation sites excluding steroid dienone is 2. The van der Waals surface area contributed by atoms with Crippen molar-refractivity contribution in [1.82, 2.24) is 0 Å². The van der Waals surface area contributed by atoms with Crippen molar-refractivity contribution >= 4 is 5.97 Å². The Morgan fingerprint density at radius 1 is 1.28 bits per heavy atom. The number of carboxylic acid groups (broad SMARTS) is 1. The van der Waals surface area contributed by atoms with Gasteiger partial charge in [0.15, 0.2) is 0 Å². The second kappa shape index (κ2) is 3.90. The predicted octanol–water partition coefficient (Wildman–Crippen LogP) is -1.39. The molecule has 0 saturated heterocycles. The van der Waals surface area contributed by atoms with Gasteiger partial charge in [0.2, 0.25) is 0 Å². The molecule has 0 N–H and O–H groups in total. The van der Waals surface area contributed by atoms with E-state index in [1.165, 1.54) is 6.42 Å². The summed E-state index contributed by atoms with van der Waals surface area (Å²) < 4.78 is 0. The Kier molecular flexibility index (Phi) is 2.78. The Morgan fingerprint density at radius 2 is 1.94 bits per heavy atom. The normalized spacial score (nSPS) is 54.5. The summed E-state index contributed by atoms with van der Waals surface area (Å²) in [4.78, 5) is 11.6. The first kappa shape index (κ1) is 12.8. The number of rotatable bonds is 2. The fraction of sp³-hybridized carbons (Fsp3) is 0.800. The number of aliphatic carboxylic acids is 1. The summed E-state index contributed by atoms with van der Waals surface area (Å²) in [5.74, 6) is 3.26. The summed E-state index contributed by atoms with van der Waals surface area (Å²) >= 11 is 0. The zero-order valence-electron chi connectivity index (χ0n) is 11.3. The van der Waals surface area contributed by atoms with E-state index in [1.807, 2.05) is 6.92 Å². The van der Waals surface area contributed by atoms with Crippen LogP contribution in [0.1, 0.15) is 32.6 Å². The van der Waals surface area contributed by atoms with Gasteiger partial charge >= 0.3 is 18.9 Å². The van der Waals surface area contributed by atoms with Crippen LogP contribution >= 0.6 is 0 Å². The molecule has 0 spiro atoms. The van der Waals surface area contributed by atoms with E-state index in [0.717, 1.165) is 31.1 Å². The molecule has 2 nitrogen and oxygen atoms in total. The quantitative estimate of drug-likeness (QED) is 0.338. The van der Waals surface area contributed by atoms with Gasteiger partial charge < -0.3 is 9.90 Å². The van der Waals surface area contributed by atoms with E-state index in [1.54, 1.807) is 0 Å². The molecule has 3 fully saturated rings. The number of fused-ring (bicyclic) bond motifs is 9.